The zero-order valence-electron chi connectivity index (χ0n) is 16.5. The molecule has 0 aliphatic carbocycles. The molecule has 0 bridgehead atoms. The molecule has 0 fully saturated rings. The number of aromatic nitrogens is 5. The van der Waals surface area contributed by atoms with Crippen molar-refractivity contribution in [3.05, 3.63) is 60.1 Å². The zero-order valence-corrected chi connectivity index (χ0v) is 16.5. The number of pyridine rings is 1. The molecule has 2 aliphatic heterocycles. The standard InChI is InChI=1S/C21H15FN6O4/c22-14-1-2-16-18-11(7-31-16)8-32-17-5-12(15-3-4-23-9-24-15)19-26-25-10-28(19)20(17)27(21(29)30)6-13(14)18/h1-5,9-11H,6-8H2,(H,29,30)/t11-/m0/s1. The fourth-order valence-electron chi connectivity index (χ4n) is 4.30. The van der Waals surface area contributed by atoms with Gasteiger partial charge in [0.05, 0.1) is 31.4 Å². The average molecular weight is 434 g/mol. The molecule has 4 aromatic rings. The van der Waals surface area contributed by atoms with Crippen LogP contribution in [0.4, 0.5) is 15.0 Å². The van der Waals surface area contributed by atoms with Crippen molar-refractivity contribution in [1.82, 2.24) is 24.6 Å². The van der Waals surface area contributed by atoms with Gasteiger partial charge in [-0.15, -0.1) is 10.2 Å². The van der Waals surface area contributed by atoms with Crippen molar-refractivity contribution in [3.8, 4) is 22.8 Å². The third-order valence-corrected chi connectivity index (χ3v) is 5.72. The second-order valence-corrected chi connectivity index (χ2v) is 7.49. The molecule has 3 aromatic heterocycles. The predicted octanol–water partition coefficient (Wildman–Crippen LogP) is 2.88. The van der Waals surface area contributed by atoms with Gasteiger partial charge in [-0.2, -0.15) is 0 Å². The fraction of sp³-hybridized carbons (Fsp3) is 0.190. The van der Waals surface area contributed by atoms with E-state index >= 15 is 0 Å². The quantitative estimate of drug-likeness (QED) is 0.486. The van der Waals surface area contributed by atoms with Crippen molar-refractivity contribution >= 4 is 17.6 Å². The zero-order chi connectivity index (χ0) is 21.8. The van der Waals surface area contributed by atoms with Crippen molar-refractivity contribution < 1.29 is 23.8 Å². The third-order valence-electron chi connectivity index (χ3n) is 5.72. The normalized spacial score (nSPS) is 16.9. The highest BCUT2D eigenvalue weighted by Gasteiger charge is 2.35. The van der Waals surface area contributed by atoms with Crippen LogP contribution in [0.2, 0.25) is 0 Å². The highest BCUT2D eigenvalue weighted by molar-refractivity contribution is 5.90. The number of nitrogens with zero attached hydrogens (tertiary/aromatic N) is 6. The molecular weight excluding hydrogens is 419 g/mol. The lowest BCUT2D eigenvalue weighted by Crippen LogP contribution is -2.31. The molecule has 10 nitrogen and oxygen atoms in total. The number of anilines is 1. The van der Waals surface area contributed by atoms with Crippen LogP contribution < -0.4 is 14.4 Å². The number of carboxylic acid groups (broad SMARTS) is 1. The summed E-state index contributed by atoms with van der Waals surface area (Å²) >= 11 is 0. The van der Waals surface area contributed by atoms with Crippen molar-refractivity contribution in [3.63, 3.8) is 0 Å². The minimum atomic E-state index is -1.27. The van der Waals surface area contributed by atoms with Gasteiger partial charge in [0.25, 0.3) is 0 Å². The average Bonchev–Trinajstić information content (AvgIpc) is 3.45. The molecule has 0 radical (unpaired) electrons. The number of ether oxygens (including phenoxy) is 2. The molecule has 11 heteroatoms. The molecule has 1 aromatic carbocycles. The summed E-state index contributed by atoms with van der Waals surface area (Å²) in [6.45, 7) is 0.281. The Kier molecular flexibility index (Phi) is 3.97. The Morgan fingerprint density at radius 3 is 2.81 bits per heavy atom. The van der Waals surface area contributed by atoms with E-state index in [4.69, 9.17) is 9.47 Å². The summed E-state index contributed by atoms with van der Waals surface area (Å²) in [7, 11) is 0. The molecule has 1 atom stereocenters. The van der Waals surface area contributed by atoms with E-state index in [-0.39, 0.29) is 36.2 Å². The first-order chi connectivity index (χ1) is 15.6. The van der Waals surface area contributed by atoms with E-state index in [1.165, 1.54) is 23.1 Å². The third kappa shape index (κ3) is 2.67. The number of amides is 1. The van der Waals surface area contributed by atoms with Crippen LogP contribution in [0.1, 0.15) is 17.0 Å². The van der Waals surface area contributed by atoms with Gasteiger partial charge in [-0.1, -0.05) is 0 Å². The van der Waals surface area contributed by atoms with Gasteiger partial charge < -0.3 is 14.6 Å². The van der Waals surface area contributed by atoms with E-state index in [9.17, 15) is 14.3 Å². The lowest BCUT2D eigenvalue weighted by molar-refractivity contribution is 0.200. The summed E-state index contributed by atoms with van der Waals surface area (Å²) in [5.41, 5.74) is 2.47. The molecule has 32 heavy (non-hydrogen) atoms. The monoisotopic (exact) mass is 434 g/mol. The number of rotatable bonds is 1. The Labute approximate surface area is 179 Å². The number of carbonyl (C=O) groups is 1. The van der Waals surface area contributed by atoms with Crippen LogP contribution in [0.3, 0.4) is 0 Å². The summed E-state index contributed by atoms with van der Waals surface area (Å²) < 4.78 is 28.3. The van der Waals surface area contributed by atoms with Gasteiger partial charge in [-0.25, -0.2) is 19.2 Å². The Morgan fingerprint density at radius 2 is 2.03 bits per heavy atom. The summed E-state index contributed by atoms with van der Waals surface area (Å²) in [6, 6.07) is 6.25. The van der Waals surface area contributed by atoms with E-state index in [0.29, 0.717) is 34.8 Å². The highest BCUT2D eigenvalue weighted by Crippen LogP contribution is 2.43. The smallest absolute Gasteiger partial charge is 0.413 e. The molecule has 0 unspecified atom stereocenters. The molecule has 160 valence electrons. The first kappa shape index (κ1) is 18.5. The van der Waals surface area contributed by atoms with Crippen molar-refractivity contribution in [1.29, 1.82) is 0 Å². The minimum Gasteiger partial charge on any atom is -0.493 e. The number of benzene rings is 1. The predicted molar refractivity (Wildman–Crippen MR) is 108 cm³/mol. The molecule has 1 amide bonds. The Morgan fingerprint density at radius 1 is 1.19 bits per heavy atom. The SMILES string of the molecule is O=C(O)N1Cc2c(F)ccc3c2[C@@H](CO3)COc2cc(-c3ccncn3)c3nncn3c21. The maximum atomic E-state index is 14.9. The van der Waals surface area contributed by atoms with Crippen LogP contribution in [0.15, 0.2) is 43.1 Å². The van der Waals surface area contributed by atoms with Gasteiger partial charge in [-0.05, 0) is 24.3 Å². The second kappa shape index (κ2) is 6.87. The maximum Gasteiger partial charge on any atom is 0.413 e. The molecule has 5 heterocycles. The van der Waals surface area contributed by atoms with Crippen LogP contribution in [0.5, 0.6) is 11.5 Å². The number of halogens is 1. The fourth-order valence-corrected chi connectivity index (χ4v) is 4.30. The molecular formula is C21H15FN6O4. The van der Waals surface area contributed by atoms with Gasteiger partial charge in [0.2, 0.25) is 0 Å². The van der Waals surface area contributed by atoms with Crippen LogP contribution >= 0.6 is 0 Å². The van der Waals surface area contributed by atoms with Gasteiger partial charge in [0, 0.05) is 22.9 Å². The molecule has 6 rings (SSSR count). The van der Waals surface area contributed by atoms with E-state index in [1.54, 1.807) is 24.4 Å². The van der Waals surface area contributed by atoms with Crippen LogP contribution in [-0.4, -0.2) is 49.0 Å². The summed E-state index contributed by atoms with van der Waals surface area (Å²) in [5, 5.41) is 18.2. The van der Waals surface area contributed by atoms with Gasteiger partial charge >= 0.3 is 6.09 Å². The Hall–Kier alpha value is -4.28. The van der Waals surface area contributed by atoms with Crippen molar-refractivity contribution in [2.24, 2.45) is 0 Å². The van der Waals surface area contributed by atoms with Gasteiger partial charge in [0.15, 0.2) is 17.2 Å². The van der Waals surface area contributed by atoms with Crippen LogP contribution in [0.25, 0.3) is 16.9 Å². The lowest BCUT2D eigenvalue weighted by atomic mass is 9.95. The van der Waals surface area contributed by atoms with E-state index in [2.05, 4.69) is 20.2 Å². The second-order valence-electron chi connectivity index (χ2n) is 7.49. The van der Waals surface area contributed by atoms with E-state index in [0.717, 1.165) is 4.90 Å². The van der Waals surface area contributed by atoms with Gasteiger partial charge in [0.1, 0.15) is 24.2 Å². The molecule has 2 aliphatic rings. The maximum absolute atomic E-state index is 14.9. The van der Waals surface area contributed by atoms with Crippen LogP contribution in [0, 0.1) is 5.82 Å². The van der Waals surface area contributed by atoms with E-state index < -0.39 is 11.9 Å². The largest absolute Gasteiger partial charge is 0.493 e. The number of hydrogen-bond acceptors (Lipinski definition) is 7. The Balaban J connectivity index is 1.61. The summed E-state index contributed by atoms with van der Waals surface area (Å²) in [6.07, 6.45) is 3.13. The minimum absolute atomic E-state index is 0.181. The molecule has 1 N–H and O–H groups in total. The lowest BCUT2D eigenvalue weighted by Gasteiger charge is -2.23. The summed E-state index contributed by atoms with van der Waals surface area (Å²) in [4.78, 5) is 21.6. The van der Waals surface area contributed by atoms with Gasteiger partial charge in [-0.3, -0.25) is 9.30 Å². The first-order valence-corrected chi connectivity index (χ1v) is 9.82. The number of fused-ring (bicyclic) bond motifs is 3. The summed E-state index contributed by atoms with van der Waals surface area (Å²) in [5.74, 6) is 0.286. The first-order valence-electron chi connectivity index (χ1n) is 9.82. The molecule has 0 spiro atoms. The van der Waals surface area contributed by atoms with Crippen molar-refractivity contribution in [2.75, 3.05) is 18.1 Å². The molecule has 0 saturated heterocycles. The Bertz CT molecular complexity index is 1380. The van der Waals surface area contributed by atoms with E-state index in [1.807, 2.05) is 0 Å². The van der Waals surface area contributed by atoms with Crippen molar-refractivity contribution in [2.45, 2.75) is 12.5 Å². The van der Waals surface area contributed by atoms with Crippen LogP contribution in [-0.2, 0) is 6.54 Å². The molecule has 0 saturated carbocycles. The number of hydrogen-bond donors (Lipinski definition) is 1. The topological polar surface area (TPSA) is 115 Å². The highest BCUT2D eigenvalue weighted by atomic mass is 19.1.